The van der Waals surface area contributed by atoms with E-state index in [1.54, 1.807) is 0 Å². The van der Waals surface area contributed by atoms with Crippen molar-refractivity contribution in [3.05, 3.63) is 0 Å². The minimum atomic E-state index is -2.90. The Morgan fingerprint density at radius 1 is 1.38 bits per heavy atom. The standard InChI is InChI=1S/C7H13NO8/c8-6(13)16-7(14)5(12)4(11)3(10)2(1-9)15-7/h2-5,9-12,14H,1H2,(H2,8,13)/t2-,3-,4+,5+,7-/m1/s1. The summed E-state index contributed by atoms with van der Waals surface area (Å²) in [6, 6.07) is 0. The Bertz CT molecular complexity index is 271. The average Bonchev–Trinajstić information content (AvgIpc) is 2.20. The van der Waals surface area contributed by atoms with E-state index in [1.165, 1.54) is 0 Å². The number of aliphatic hydroxyl groups excluding tert-OH is 4. The lowest BCUT2D eigenvalue weighted by Crippen LogP contribution is -2.66. The van der Waals surface area contributed by atoms with Crippen molar-refractivity contribution in [3.8, 4) is 0 Å². The fraction of sp³-hybridized carbons (Fsp3) is 0.857. The molecule has 0 aliphatic carbocycles. The molecular weight excluding hydrogens is 226 g/mol. The number of rotatable bonds is 2. The zero-order valence-corrected chi connectivity index (χ0v) is 8.05. The Hall–Kier alpha value is -0.970. The number of carbonyl (C=O) groups excluding carboxylic acids is 1. The summed E-state index contributed by atoms with van der Waals surface area (Å²) in [5.41, 5.74) is 4.62. The molecule has 1 amide bonds. The summed E-state index contributed by atoms with van der Waals surface area (Å²) in [6.45, 7) is -0.768. The fourth-order valence-corrected chi connectivity index (χ4v) is 1.35. The quantitative estimate of drug-likeness (QED) is 0.267. The van der Waals surface area contributed by atoms with Gasteiger partial charge in [0.05, 0.1) is 6.61 Å². The highest BCUT2D eigenvalue weighted by atomic mass is 16.9. The minimum Gasteiger partial charge on any atom is -0.394 e. The molecule has 9 nitrogen and oxygen atoms in total. The second kappa shape index (κ2) is 4.49. The van der Waals surface area contributed by atoms with Crippen LogP contribution in [0.1, 0.15) is 0 Å². The molecule has 5 atom stereocenters. The van der Waals surface area contributed by atoms with Crippen molar-refractivity contribution in [2.75, 3.05) is 6.61 Å². The van der Waals surface area contributed by atoms with Gasteiger partial charge < -0.3 is 40.7 Å². The summed E-state index contributed by atoms with van der Waals surface area (Å²) in [5.74, 6) is -2.90. The van der Waals surface area contributed by atoms with E-state index in [1.807, 2.05) is 0 Å². The Morgan fingerprint density at radius 2 is 1.94 bits per heavy atom. The molecule has 1 heterocycles. The normalized spacial score (nSPS) is 44.1. The summed E-state index contributed by atoms with van der Waals surface area (Å²) in [5, 5.41) is 46.2. The van der Waals surface area contributed by atoms with E-state index in [9.17, 15) is 25.2 Å². The molecule has 9 heteroatoms. The van der Waals surface area contributed by atoms with E-state index < -0.39 is 43.1 Å². The zero-order chi connectivity index (χ0) is 12.5. The van der Waals surface area contributed by atoms with E-state index in [0.717, 1.165) is 0 Å². The molecule has 0 unspecified atom stereocenters. The van der Waals surface area contributed by atoms with Crippen LogP contribution in [-0.2, 0) is 9.47 Å². The van der Waals surface area contributed by atoms with Gasteiger partial charge in [0.15, 0.2) is 6.10 Å². The second-order valence-electron chi connectivity index (χ2n) is 3.32. The average molecular weight is 239 g/mol. The molecule has 1 aliphatic heterocycles. The van der Waals surface area contributed by atoms with Gasteiger partial charge in [-0.15, -0.1) is 0 Å². The van der Waals surface area contributed by atoms with Gasteiger partial charge in [0.2, 0.25) is 0 Å². The van der Waals surface area contributed by atoms with E-state index in [0.29, 0.717) is 0 Å². The third kappa shape index (κ3) is 2.24. The molecule has 0 spiro atoms. The number of ether oxygens (including phenoxy) is 2. The third-order valence-corrected chi connectivity index (χ3v) is 2.18. The van der Waals surface area contributed by atoms with Crippen LogP contribution in [0.15, 0.2) is 0 Å². The lowest BCUT2D eigenvalue weighted by atomic mass is 9.98. The number of primary amides is 1. The maximum Gasteiger partial charge on any atom is 0.408 e. The summed E-state index contributed by atoms with van der Waals surface area (Å²) in [6.07, 6.45) is -8.51. The van der Waals surface area contributed by atoms with E-state index in [2.05, 4.69) is 15.2 Å². The third-order valence-electron chi connectivity index (χ3n) is 2.18. The van der Waals surface area contributed by atoms with Crippen LogP contribution in [0.4, 0.5) is 4.79 Å². The first-order valence-corrected chi connectivity index (χ1v) is 4.35. The predicted molar refractivity (Wildman–Crippen MR) is 45.6 cm³/mol. The van der Waals surface area contributed by atoms with Gasteiger partial charge in [0.1, 0.15) is 18.3 Å². The molecule has 94 valence electrons. The highest BCUT2D eigenvalue weighted by Crippen LogP contribution is 2.28. The van der Waals surface area contributed by atoms with Crippen LogP contribution in [0.3, 0.4) is 0 Å². The number of carbonyl (C=O) groups is 1. The molecule has 0 radical (unpaired) electrons. The maximum atomic E-state index is 10.4. The Morgan fingerprint density at radius 3 is 2.38 bits per heavy atom. The van der Waals surface area contributed by atoms with Crippen LogP contribution in [0.2, 0.25) is 0 Å². The van der Waals surface area contributed by atoms with E-state index in [4.69, 9.17) is 5.11 Å². The molecule has 16 heavy (non-hydrogen) atoms. The summed E-state index contributed by atoms with van der Waals surface area (Å²) in [4.78, 5) is 10.4. The predicted octanol–water partition coefficient (Wildman–Crippen LogP) is -3.80. The summed E-state index contributed by atoms with van der Waals surface area (Å²) >= 11 is 0. The molecule has 0 aromatic heterocycles. The highest BCUT2D eigenvalue weighted by Gasteiger charge is 2.55. The number of aliphatic hydroxyl groups is 5. The minimum absolute atomic E-state index is 0.768. The molecule has 7 N–H and O–H groups in total. The van der Waals surface area contributed by atoms with Crippen LogP contribution >= 0.6 is 0 Å². The SMILES string of the molecule is NC(=O)O[C@]1(O)O[C@H](CO)[C@@H](O)[C@H](O)[C@@H]1O. The number of nitrogens with two attached hydrogens (primary N) is 1. The van der Waals surface area contributed by atoms with Crippen molar-refractivity contribution < 1.29 is 39.8 Å². The maximum absolute atomic E-state index is 10.4. The van der Waals surface area contributed by atoms with E-state index in [-0.39, 0.29) is 0 Å². The second-order valence-corrected chi connectivity index (χ2v) is 3.32. The molecule has 0 bridgehead atoms. The lowest BCUT2D eigenvalue weighted by molar-refractivity contribution is -0.430. The molecule has 1 fully saturated rings. The van der Waals surface area contributed by atoms with Crippen molar-refractivity contribution in [3.63, 3.8) is 0 Å². The van der Waals surface area contributed by atoms with Crippen LogP contribution < -0.4 is 5.73 Å². The number of hydrogen-bond acceptors (Lipinski definition) is 8. The van der Waals surface area contributed by atoms with Gasteiger partial charge in [-0.25, -0.2) is 4.79 Å². The molecule has 0 saturated carbocycles. The van der Waals surface area contributed by atoms with Crippen molar-refractivity contribution in [2.45, 2.75) is 30.4 Å². The van der Waals surface area contributed by atoms with E-state index >= 15 is 0 Å². The smallest absolute Gasteiger partial charge is 0.394 e. The molecule has 0 aromatic carbocycles. The van der Waals surface area contributed by atoms with Gasteiger partial charge in [-0.1, -0.05) is 0 Å². The number of hydrogen-bond donors (Lipinski definition) is 6. The van der Waals surface area contributed by atoms with Gasteiger partial charge in [-0.05, 0) is 0 Å². The van der Waals surface area contributed by atoms with Crippen molar-refractivity contribution >= 4 is 6.09 Å². The largest absolute Gasteiger partial charge is 0.408 e. The van der Waals surface area contributed by atoms with Gasteiger partial charge in [-0.2, -0.15) is 0 Å². The summed E-state index contributed by atoms with van der Waals surface area (Å²) < 4.78 is 8.63. The van der Waals surface area contributed by atoms with Gasteiger partial charge in [-0.3, -0.25) is 0 Å². The van der Waals surface area contributed by atoms with Gasteiger partial charge in [0.25, 0.3) is 0 Å². The Balaban J connectivity index is 2.89. The van der Waals surface area contributed by atoms with Crippen molar-refractivity contribution in [2.24, 2.45) is 5.73 Å². The molecular formula is C7H13NO8. The van der Waals surface area contributed by atoms with Gasteiger partial charge >= 0.3 is 12.1 Å². The first-order chi connectivity index (χ1) is 7.31. The fourth-order valence-electron chi connectivity index (χ4n) is 1.35. The van der Waals surface area contributed by atoms with Crippen LogP contribution in [0.5, 0.6) is 0 Å². The van der Waals surface area contributed by atoms with Crippen LogP contribution in [0.25, 0.3) is 0 Å². The van der Waals surface area contributed by atoms with Crippen LogP contribution in [0, 0.1) is 0 Å². The first-order valence-electron chi connectivity index (χ1n) is 4.35. The monoisotopic (exact) mass is 239 g/mol. The zero-order valence-electron chi connectivity index (χ0n) is 8.05. The molecule has 0 aromatic rings. The van der Waals surface area contributed by atoms with Crippen molar-refractivity contribution in [1.82, 2.24) is 0 Å². The molecule has 1 saturated heterocycles. The highest BCUT2D eigenvalue weighted by molar-refractivity contribution is 5.65. The number of amides is 1. The van der Waals surface area contributed by atoms with Crippen molar-refractivity contribution in [1.29, 1.82) is 0 Å². The van der Waals surface area contributed by atoms with Gasteiger partial charge in [0, 0.05) is 0 Å². The molecule has 1 rings (SSSR count). The lowest BCUT2D eigenvalue weighted by Gasteiger charge is -2.43. The summed E-state index contributed by atoms with van der Waals surface area (Å²) in [7, 11) is 0. The Kier molecular flexibility index (Phi) is 3.68. The van der Waals surface area contributed by atoms with Crippen LogP contribution in [-0.4, -0.2) is 68.6 Å². The molecule has 1 aliphatic rings. The topological polar surface area (TPSA) is 163 Å². The first kappa shape index (κ1) is 13.1. The Labute approximate surface area is 89.6 Å².